The Kier molecular flexibility index (Phi) is 7.56. The summed E-state index contributed by atoms with van der Waals surface area (Å²) in [6.07, 6.45) is 5.35. The summed E-state index contributed by atoms with van der Waals surface area (Å²) in [6.45, 7) is 7.91. The molecular weight excluding hydrogens is 452 g/mol. The molecule has 2 aromatic carbocycles. The Morgan fingerprint density at radius 3 is 2.47 bits per heavy atom. The molecule has 0 atom stereocenters. The van der Waals surface area contributed by atoms with Crippen LogP contribution in [0, 0.1) is 0 Å². The van der Waals surface area contributed by atoms with E-state index in [4.69, 9.17) is 4.74 Å². The van der Waals surface area contributed by atoms with Crippen LogP contribution in [0.5, 0.6) is 5.75 Å². The average molecular weight is 489 g/mol. The molecular formula is C29H36N4O3. The summed E-state index contributed by atoms with van der Waals surface area (Å²) in [5, 5.41) is 2.97. The molecule has 7 heteroatoms. The fourth-order valence-corrected chi connectivity index (χ4v) is 5.44. The Morgan fingerprint density at radius 1 is 0.972 bits per heavy atom. The summed E-state index contributed by atoms with van der Waals surface area (Å²) in [4.78, 5) is 32.8. The Morgan fingerprint density at radius 2 is 1.72 bits per heavy atom. The van der Waals surface area contributed by atoms with E-state index in [2.05, 4.69) is 20.0 Å². The molecule has 0 bridgehead atoms. The molecule has 190 valence electrons. The molecule has 0 aromatic heterocycles. The second kappa shape index (κ2) is 11.2. The van der Waals surface area contributed by atoms with Crippen molar-refractivity contribution in [3.8, 4) is 5.75 Å². The lowest BCUT2D eigenvalue weighted by atomic mass is 10.0. The number of fused-ring (bicyclic) bond motifs is 3. The van der Waals surface area contributed by atoms with Crippen LogP contribution < -0.4 is 19.9 Å². The second-order valence-electron chi connectivity index (χ2n) is 9.69. The van der Waals surface area contributed by atoms with E-state index in [-0.39, 0.29) is 17.3 Å². The first kappa shape index (κ1) is 24.4. The SMILES string of the molecule is CCN1C2=C(C(=O)NCc3ccc(OCCCN4CCCCC4)cc3)C(=O)CCN2c2ccccc21. The lowest BCUT2D eigenvalue weighted by Crippen LogP contribution is -2.42. The highest BCUT2D eigenvalue weighted by molar-refractivity contribution is 6.22. The van der Waals surface area contributed by atoms with Gasteiger partial charge in [-0.25, -0.2) is 0 Å². The van der Waals surface area contributed by atoms with Gasteiger partial charge in [0.05, 0.1) is 18.0 Å². The summed E-state index contributed by atoms with van der Waals surface area (Å²) < 4.78 is 5.91. The van der Waals surface area contributed by atoms with Gasteiger partial charge in [0, 0.05) is 32.6 Å². The van der Waals surface area contributed by atoms with Gasteiger partial charge in [0.25, 0.3) is 5.91 Å². The van der Waals surface area contributed by atoms with E-state index in [0.717, 1.165) is 35.7 Å². The number of para-hydroxylation sites is 2. The molecule has 1 N–H and O–H groups in total. The maximum absolute atomic E-state index is 13.2. The number of anilines is 2. The molecule has 0 unspecified atom stereocenters. The number of carbonyl (C=O) groups is 2. The largest absolute Gasteiger partial charge is 0.494 e. The molecule has 0 radical (unpaired) electrons. The molecule has 1 fully saturated rings. The van der Waals surface area contributed by atoms with Crippen molar-refractivity contribution in [1.29, 1.82) is 0 Å². The number of benzene rings is 2. The monoisotopic (exact) mass is 488 g/mol. The average Bonchev–Trinajstić information content (AvgIpc) is 3.24. The zero-order valence-electron chi connectivity index (χ0n) is 21.2. The molecule has 0 spiro atoms. The zero-order valence-corrected chi connectivity index (χ0v) is 21.2. The van der Waals surface area contributed by atoms with E-state index in [1.165, 1.54) is 32.4 Å². The summed E-state index contributed by atoms with van der Waals surface area (Å²) in [6, 6.07) is 15.9. The number of piperidine rings is 1. The minimum atomic E-state index is -0.316. The first-order valence-corrected chi connectivity index (χ1v) is 13.3. The maximum Gasteiger partial charge on any atom is 0.258 e. The normalized spacial score (nSPS) is 17.8. The van der Waals surface area contributed by atoms with Crippen LogP contribution >= 0.6 is 0 Å². The van der Waals surface area contributed by atoms with Gasteiger partial charge in [-0.2, -0.15) is 0 Å². The van der Waals surface area contributed by atoms with Crippen LogP contribution in [0.25, 0.3) is 0 Å². The molecule has 36 heavy (non-hydrogen) atoms. The molecule has 3 aliphatic heterocycles. The van der Waals surface area contributed by atoms with Gasteiger partial charge in [-0.1, -0.05) is 30.7 Å². The lowest BCUT2D eigenvalue weighted by Gasteiger charge is -2.30. The third kappa shape index (κ3) is 5.12. The number of hydrogen-bond donors (Lipinski definition) is 1. The highest BCUT2D eigenvalue weighted by atomic mass is 16.5. The van der Waals surface area contributed by atoms with E-state index >= 15 is 0 Å². The number of nitrogens with zero attached hydrogens (tertiary/aromatic N) is 3. The van der Waals surface area contributed by atoms with E-state index < -0.39 is 0 Å². The van der Waals surface area contributed by atoms with Crippen LogP contribution in [0.2, 0.25) is 0 Å². The summed E-state index contributed by atoms with van der Waals surface area (Å²) in [5.74, 6) is 1.14. The predicted octanol–water partition coefficient (Wildman–Crippen LogP) is 4.09. The number of ketones is 1. The number of likely N-dealkylation sites (tertiary alicyclic amines) is 1. The third-order valence-corrected chi connectivity index (χ3v) is 7.30. The molecule has 1 saturated heterocycles. The Hall–Kier alpha value is -3.32. The van der Waals surface area contributed by atoms with Gasteiger partial charge in [-0.15, -0.1) is 0 Å². The summed E-state index contributed by atoms with van der Waals surface area (Å²) >= 11 is 0. The van der Waals surface area contributed by atoms with E-state index in [1.54, 1.807) is 0 Å². The Balaban J connectivity index is 1.18. The van der Waals surface area contributed by atoms with Gasteiger partial charge >= 0.3 is 0 Å². The van der Waals surface area contributed by atoms with Crippen LogP contribution in [0.1, 0.15) is 44.6 Å². The van der Waals surface area contributed by atoms with Gasteiger partial charge in [0.15, 0.2) is 5.78 Å². The summed E-state index contributed by atoms with van der Waals surface area (Å²) in [5.41, 5.74) is 3.32. The molecule has 3 aliphatic rings. The van der Waals surface area contributed by atoms with Gasteiger partial charge in [0.1, 0.15) is 17.1 Å². The standard InChI is InChI=1S/C29H36N4O3/c1-2-32-24-9-4-5-10-25(24)33-19-15-26(34)27(29(32)33)28(35)30-21-22-11-13-23(14-12-22)36-20-8-18-31-16-6-3-7-17-31/h4-5,9-14H,2-3,6-8,15-21H2,1H3,(H,30,35). The van der Waals surface area contributed by atoms with Crippen molar-refractivity contribution in [2.24, 2.45) is 0 Å². The van der Waals surface area contributed by atoms with Gasteiger partial charge in [0.2, 0.25) is 0 Å². The number of carbonyl (C=O) groups excluding carboxylic acids is 2. The van der Waals surface area contributed by atoms with Crippen molar-refractivity contribution >= 4 is 23.1 Å². The fraction of sp³-hybridized carbons (Fsp3) is 0.448. The molecule has 5 rings (SSSR count). The van der Waals surface area contributed by atoms with Crippen molar-refractivity contribution in [2.75, 3.05) is 49.1 Å². The van der Waals surface area contributed by atoms with Gasteiger partial charge in [-0.05, 0) is 69.1 Å². The quantitative estimate of drug-likeness (QED) is 0.424. The van der Waals surface area contributed by atoms with Crippen LogP contribution in [0.4, 0.5) is 11.4 Å². The van der Waals surface area contributed by atoms with Crippen LogP contribution in [-0.2, 0) is 16.1 Å². The minimum Gasteiger partial charge on any atom is -0.494 e. The topological polar surface area (TPSA) is 65.1 Å². The predicted molar refractivity (Wildman–Crippen MR) is 142 cm³/mol. The van der Waals surface area contributed by atoms with Crippen molar-refractivity contribution in [3.63, 3.8) is 0 Å². The van der Waals surface area contributed by atoms with Crippen LogP contribution in [0.3, 0.4) is 0 Å². The van der Waals surface area contributed by atoms with Gasteiger partial charge < -0.3 is 24.8 Å². The summed E-state index contributed by atoms with van der Waals surface area (Å²) in [7, 11) is 0. The van der Waals surface area contributed by atoms with Crippen LogP contribution in [-0.4, -0.2) is 55.9 Å². The number of rotatable bonds is 9. The highest BCUT2D eigenvalue weighted by Crippen LogP contribution is 2.44. The van der Waals surface area contributed by atoms with Gasteiger partial charge in [-0.3, -0.25) is 9.59 Å². The molecule has 1 amide bonds. The van der Waals surface area contributed by atoms with E-state index in [9.17, 15) is 9.59 Å². The smallest absolute Gasteiger partial charge is 0.258 e. The highest BCUT2D eigenvalue weighted by Gasteiger charge is 2.40. The third-order valence-electron chi connectivity index (χ3n) is 7.30. The first-order valence-electron chi connectivity index (χ1n) is 13.3. The molecule has 2 aromatic rings. The second-order valence-corrected chi connectivity index (χ2v) is 9.69. The number of hydrogen-bond acceptors (Lipinski definition) is 6. The lowest BCUT2D eigenvalue weighted by molar-refractivity contribution is -0.123. The van der Waals surface area contributed by atoms with Crippen molar-refractivity contribution in [3.05, 3.63) is 65.5 Å². The molecule has 3 heterocycles. The van der Waals surface area contributed by atoms with Crippen molar-refractivity contribution in [1.82, 2.24) is 10.2 Å². The van der Waals surface area contributed by atoms with Crippen LogP contribution in [0.15, 0.2) is 59.9 Å². The molecule has 0 aliphatic carbocycles. The molecule has 7 nitrogen and oxygen atoms in total. The molecule has 0 saturated carbocycles. The fourth-order valence-electron chi connectivity index (χ4n) is 5.44. The first-order chi connectivity index (χ1) is 17.7. The number of ether oxygens (including phenoxy) is 1. The maximum atomic E-state index is 13.2. The zero-order chi connectivity index (χ0) is 24.9. The van der Waals surface area contributed by atoms with E-state index in [0.29, 0.717) is 38.5 Å². The Labute approximate surface area is 213 Å². The van der Waals surface area contributed by atoms with E-state index in [1.807, 2.05) is 55.5 Å². The number of Topliss-reactive ketones (excluding diaryl/α,β-unsaturated/α-hetero) is 1. The van der Waals surface area contributed by atoms with Crippen molar-refractivity contribution in [2.45, 2.75) is 45.6 Å². The Bertz CT molecular complexity index is 1110. The number of nitrogens with one attached hydrogen (secondary N) is 1. The van der Waals surface area contributed by atoms with Crippen molar-refractivity contribution < 1.29 is 14.3 Å². The number of amides is 1. The minimum absolute atomic E-state index is 0.0988.